The minimum Gasteiger partial charge on any atom is -0.342 e. The maximum atomic E-state index is 12.6. The Labute approximate surface area is 130 Å². The Bertz CT molecular complexity index is 324. The van der Waals surface area contributed by atoms with E-state index in [9.17, 15) is 4.79 Å². The zero-order chi connectivity index (χ0) is 15.2. The summed E-state index contributed by atoms with van der Waals surface area (Å²) in [5.41, 5.74) is 0. The Balaban J connectivity index is 1.84. The molecule has 1 atom stereocenters. The fraction of sp³-hybridized carbons (Fsp3) is 0.941. The number of carbonyl (C=O) groups is 1. The Morgan fingerprint density at radius 2 is 1.90 bits per heavy atom. The van der Waals surface area contributed by atoms with Crippen LogP contribution in [0.2, 0.25) is 0 Å². The van der Waals surface area contributed by atoms with Crippen molar-refractivity contribution in [3.8, 4) is 0 Å². The third-order valence-corrected chi connectivity index (χ3v) is 5.45. The average molecular weight is 295 g/mol. The Kier molecular flexibility index (Phi) is 6.49. The summed E-state index contributed by atoms with van der Waals surface area (Å²) in [4.78, 5) is 17.0. The minimum absolute atomic E-state index is 0.317. The molecule has 2 fully saturated rings. The van der Waals surface area contributed by atoms with E-state index in [1.54, 1.807) is 0 Å². The smallest absolute Gasteiger partial charge is 0.236 e. The van der Waals surface area contributed by atoms with Crippen LogP contribution < -0.4 is 5.32 Å². The van der Waals surface area contributed by atoms with E-state index < -0.39 is 0 Å². The molecule has 0 aromatic rings. The lowest BCUT2D eigenvalue weighted by atomic mass is 9.87. The van der Waals surface area contributed by atoms with Crippen LogP contribution in [0.5, 0.6) is 0 Å². The molecule has 1 saturated carbocycles. The topological polar surface area (TPSA) is 35.6 Å². The minimum atomic E-state index is 0.317. The van der Waals surface area contributed by atoms with Gasteiger partial charge in [0, 0.05) is 25.7 Å². The molecule has 0 aromatic carbocycles. The molecule has 2 rings (SSSR count). The molecular weight excluding hydrogens is 262 g/mol. The first-order valence-electron chi connectivity index (χ1n) is 8.76. The lowest BCUT2D eigenvalue weighted by Gasteiger charge is -2.38. The monoisotopic (exact) mass is 295 g/mol. The van der Waals surface area contributed by atoms with Gasteiger partial charge in [0.2, 0.25) is 5.91 Å². The van der Waals surface area contributed by atoms with Crippen LogP contribution in [0.3, 0.4) is 0 Å². The van der Waals surface area contributed by atoms with E-state index in [-0.39, 0.29) is 0 Å². The average Bonchev–Trinajstić information content (AvgIpc) is 2.49. The van der Waals surface area contributed by atoms with E-state index in [1.807, 2.05) is 19.0 Å². The number of hydrogen-bond acceptors (Lipinski definition) is 3. The van der Waals surface area contributed by atoms with Crippen molar-refractivity contribution in [1.82, 2.24) is 15.1 Å². The first-order chi connectivity index (χ1) is 10.1. The van der Waals surface area contributed by atoms with Crippen molar-refractivity contribution < 1.29 is 4.79 Å². The van der Waals surface area contributed by atoms with E-state index in [2.05, 4.69) is 17.1 Å². The van der Waals surface area contributed by atoms with Crippen molar-refractivity contribution in [2.75, 3.05) is 33.7 Å². The Morgan fingerprint density at radius 1 is 1.19 bits per heavy atom. The number of carbonyl (C=O) groups excluding carboxylic acids is 1. The summed E-state index contributed by atoms with van der Waals surface area (Å²) in [5, 5.41) is 3.27. The van der Waals surface area contributed by atoms with Crippen molar-refractivity contribution in [1.29, 1.82) is 0 Å². The fourth-order valence-electron chi connectivity index (χ4n) is 3.85. The molecule has 2 aliphatic rings. The van der Waals surface area contributed by atoms with Gasteiger partial charge in [0.1, 0.15) is 0 Å². The largest absolute Gasteiger partial charge is 0.342 e. The van der Waals surface area contributed by atoms with Crippen LogP contribution in [0, 0.1) is 5.92 Å². The standard InChI is InChI=1S/C17H33N3O/c1-14-7-9-15(10-8-14)19(3)17(21)13-20-11-5-4-6-16(20)12-18-2/h14-16,18H,4-13H2,1-3H3. The molecule has 1 amide bonds. The van der Waals surface area contributed by atoms with Gasteiger partial charge in [-0.2, -0.15) is 0 Å². The summed E-state index contributed by atoms with van der Waals surface area (Å²) >= 11 is 0. The summed E-state index contributed by atoms with van der Waals surface area (Å²) in [6.07, 6.45) is 8.67. The van der Waals surface area contributed by atoms with Crippen LogP contribution in [0.25, 0.3) is 0 Å². The van der Waals surface area contributed by atoms with Crippen molar-refractivity contribution in [3.63, 3.8) is 0 Å². The van der Waals surface area contributed by atoms with Crippen LogP contribution >= 0.6 is 0 Å². The highest BCUT2D eigenvalue weighted by molar-refractivity contribution is 5.78. The molecule has 21 heavy (non-hydrogen) atoms. The lowest BCUT2D eigenvalue weighted by molar-refractivity contribution is -0.134. The van der Waals surface area contributed by atoms with Crippen LogP contribution in [0.15, 0.2) is 0 Å². The molecule has 4 nitrogen and oxygen atoms in total. The molecule has 1 heterocycles. The lowest BCUT2D eigenvalue weighted by Crippen LogP contribution is -2.51. The summed E-state index contributed by atoms with van der Waals surface area (Å²) < 4.78 is 0. The van der Waals surface area contributed by atoms with Crippen LogP contribution in [-0.4, -0.2) is 61.5 Å². The highest BCUT2D eigenvalue weighted by Gasteiger charge is 2.28. The van der Waals surface area contributed by atoms with Gasteiger partial charge in [-0.05, 0) is 58.0 Å². The van der Waals surface area contributed by atoms with Crippen molar-refractivity contribution in [2.24, 2.45) is 5.92 Å². The molecule has 0 bridgehead atoms. The molecule has 0 spiro atoms. The van der Waals surface area contributed by atoms with Gasteiger partial charge in [0.05, 0.1) is 6.54 Å². The summed E-state index contributed by atoms with van der Waals surface area (Å²) in [7, 11) is 4.02. The summed E-state index contributed by atoms with van der Waals surface area (Å²) in [6.45, 7) is 5.01. The predicted molar refractivity (Wildman–Crippen MR) is 87.3 cm³/mol. The normalized spacial score (nSPS) is 31.1. The molecule has 1 saturated heterocycles. The van der Waals surface area contributed by atoms with Crippen LogP contribution in [-0.2, 0) is 4.79 Å². The summed E-state index contributed by atoms with van der Waals surface area (Å²) in [5.74, 6) is 1.16. The molecule has 0 radical (unpaired) electrons. The highest BCUT2D eigenvalue weighted by atomic mass is 16.2. The van der Waals surface area contributed by atoms with Gasteiger partial charge in [-0.3, -0.25) is 9.69 Å². The second kappa shape index (κ2) is 8.14. The number of hydrogen-bond donors (Lipinski definition) is 1. The third-order valence-electron chi connectivity index (χ3n) is 5.45. The molecule has 122 valence electrons. The van der Waals surface area contributed by atoms with Gasteiger partial charge >= 0.3 is 0 Å². The van der Waals surface area contributed by atoms with Crippen LogP contribution in [0.4, 0.5) is 0 Å². The third kappa shape index (κ3) is 4.68. The first kappa shape index (κ1) is 16.8. The molecular formula is C17H33N3O. The Morgan fingerprint density at radius 3 is 2.57 bits per heavy atom. The molecule has 1 aliphatic carbocycles. The van der Waals surface area contributed by atoms with Crippen LogP contribution in [0.1, 0.15) is 51.9 Å². The van der Waals surface area contributed by atoms with Gasteiger partial charge in [-0.25, -0.2) is 0 Å². The van der Waals surface area contributed by atoms with Crippen molar-refractivity contribution >= 4 is 5.91 Å². The maximum absolute atomic E-state index is 12.6. The number of rotatable bonds is 5. The number of nitrogens with zero attached hydrogens (tertiary/aromatic N) is 2. The first-order valence-corrected chi connectivity index (χ1v) is 8.76. The number of likely N-dealkylation sites (N-methyl/N-ethyl adjacent to an activating group) is 2. The number of likely N-dealkylation sites (tertiary alicyclic amines) is 1. The zero-order valence-electron chi connectivity index (χ0n) is 14.1. The van der Waals surface area contributed by atoms with E-state index in [0.717, 1.165) is 19.0 Å². The second-order valence-electron chi connectivity index (χ2n) is 7.10. The number of piperidine rings is 1. The van der Waals surface area contributed by atoms with E-state index in [4.69, 9.17) is 0 Å². The Hall–Kier alpha value is -0.610. The molecule has 1 N–H and O–H groups in total. The highest BCUT2D eigenvalue weighted by Crippen LogP contribution is 2.26. The molecule has 1 unspecified atom stereocenters. The second-order valence-corrected chi connectivity index (χ2v) is 7.10. The quantitative estimate of drug-likeness (QED) is 0.844. The van der Waals surface area contributed by atoms with Gasteiger partial charge < -0.3 is 10.2 Å². The SMILES string of the molecule is CNCC1CCCCN1CC(=O)N(C)C1CCC(C)CC1. The van der Waals surface area contributed by atoms with Gasteiger partial charge in [0.25, 0.3) is 0 Å². The number of amides is 1. The summed E-state index contributed by atoms with van der Waals surface area (Å²) in [6, 6.07) is 1.01. The molecule has 0 aromatic heterocycles. The van der Waals surface area contributed by atoms with E-state index in [0.29, 0.717) is 24.5 Å². The predicted octanol–water partition coefficient (Wildman–Crippen LogP) is 2.10. The fourth-order valence-corrected chi connectivity index (χ4v) is 3.85. The maximum Gasteiger partial charge on any atom is 0.236 e. The van der Waals surface area contributed by atoms with Crippen molar-refractivity contribution in [2.45, 2.75) is 64.0 Å². The van der Waals surface area contributed by atoms with E-state index in [1.165, 1.54) is 44.9 Å². The van der Waals surface area contributed by atoms with Gasteiger partial charge in [-0.1, -0.05) is 13.3 Å². The van der Waals surface area contributed by atoms with Gasteiger partial charge in [-0.15, -0.1) is 0 Å². The molecule has 1 aliphatic heterocycles. The molecule has 4 heteroatoms. The van der Waals surface area contributed by atoms with Gasteiger partial charge in [0.15, 0.2) is 0 Å². The van der Waals surface area contributed by atoms with Crippen molar-refractivity contribution in [3.05, 3.63) is 0 Å². The number of nitrogens with one attached hydrogen (secondary N) is 1. The zero-order valence-corrected chi connectivity index (χ0v) is 14.1. The van der Waals surface area contributed by atoms with E-state index >= 15 is 0 Å².